The van der Waals surface area contributed by atoms with Gasteiger partial charge in [0.15, 0.2) is 16.6 Å². The van der Waals surface area contributed by atoms with Gasteiger partial charge in [0.25, 0.3) is 0 Å². The van der Waals surface area contributed by atoms with E-state index in [1.807, 2.05) is 40.0 Å². The molecule has 0 spiro atoms. The maximum absolute atomic E-state index is 14.7. The maximum atomic E-state index is 14.7. The predicted molar refractivity (Wildman–Crippen MR) is 357 cm³/mol. The molecule has 1 amide bonds. The van der Waals surface area contributed by atoms with Crippen molar-refractivity contribution in [1.82, 2.24) is 4.90 Å². The largest absolute Gasteiger partial charge is 0.497 e. The number of ether oxygens (including phenoxy) is 6. The fourth-order valence-electron chi connectivity index (χ4n) is 13.9. The molecule has 2 fully saturated rings. The molecule has 494 valence electrons. The molecule has 1 aliphatic carbocycles. The van der Waals surface area contributed by atoms with Crippen molar-refractivity contribution in [2.24, 2.45) is 29.6 Å². The van der Waals surface area contributed by atoms with Crippen LogP contribution in [0.4, 0.5) is 4.79 Å². The second kappa shape index (κ2) is 34.3. The van der Waals surface area contributed by atoms with Gasteiger partial charge in [0, 0.05) is 39.7 Å². The van der Waals surface area contributed by atoms with Gasteiger partial charge in [-0.25, -0.2) is 9.59 Å². The molecule has 1 saturated heterocycles. The molecule has 0 aromatic heterocycles. The van der Waals surface area contributed by atoms with E-state index in [2.05, 4.69) is 156 Å². The number of carbonyl (C=O) groups is 2. The van der Waals surface area contributed by atoms with E-state index in [1.54, 1.807) is 19.1 Å². The molecule has 1 heterocycles. The second-order valence-corrected chi connectivity index (χ2v) is 45.2. The highest BCUT2D eigenvalue weighted by Crippen LogP contribution is 2.46. The molecule has 0 unspecified atom stereocenters. The van der Waals surface area contributed by atoms with Gasteiger partial charge in [0.1, 0.15) is 29.6 Å². The molecule has 85 heavy (non-hydrogen) atoms. The van der Waals surface area contributed by atoms with E-state index < -0.39 is 73.1 Å². The zero-order valence-electron chi connectivity index (χ0n) is 59.0. The van der Waals surface area contributed by atoms with Crippen LogP contribution in [0.25, 0.3) is 0 Å². The minimum atomic E-state index is -2.41. The number of likely N-dealkylation sites (tertiary alicyclic amines) is 1. The van der Waals surface area contributed by atoms with Crippen LogP contribution in [-0.2, 0) is 48.4 Å². The van der Waals surface area contributed by atoms with Gasteiger partial charge in [-0.15, -0.1) is 0 Å². The monoisotopic (exact) mass is 1250 g/mol. The summed E-state index contributed by atoms with van der Waals surface area (Å²) < 4.78 is 60.2. The fourth-order valence-corrected chi connectivity index (χ4v) is 24.2. The summed E-state index contributed by atoms with van der Waals surface area (Å²) in [7, 11) is -1.28. The van der Waals surface area contributed by atoms with Crippen LogP contribution in [0, 0.1) is 29.6 Å². The second-order valence-electron chi connectivity index (χ2n) is 30.1. The third-order valence-corrected chi connectivity index (χ3v) is 36.1. The van der Waals surface area contributed by atoms with Crippen LogP contribution in [0.1, 0.15) is 209 Å². The lowest BCUT2D eigenvalue weighted by Crippen LogP contribution is -2.53. The van der Waals surface area contributed by atoms with E-state index in [-0.39, 0.29) is 53.4 Å². The van der Waals surface area contributed by atoms with E-state index in [0.29, 0.717) is 54.3 Å². The Morgan fingerprint density at radius 2 is 1.36 bits per heavy atom. The number of aliphatic hydroxyl groups excluding tert-OH is 1. The number of amides is 1. The Hall–Kier alpha value is -2.13. The lowest BCUT2D eigenvalue weighted by molar-refractivity contribution is -0.161. The van der Waals surface area contributed by atoms with E-state index in [9.17, 15) is 14.7 Å². The summed E-state index contributed by atoms with van der Waals surface area (Å²) in [6.07, 6.45) is 5.33. The van der Waals surface area contributed by atoms with Crippen LogP contribution in [0.3, 0.4) is 0 Å². The highest BCUT2D eigenvalue weighted by atomic mass is 28.4. The number of esters is 1. The Kier molecular flexibility index (Phi) is 31.2. The minimum absolute atomic E-state index is 0.0227. The Balaban J connectivity index is 2.12. The van der Waals surface area contributed by atoms with Crippen molar-refractivity contribution in [2.45, 2.75) is 317 Å². The maximum Gasteiger partial charge on any atom is 0.411 e. The fraction of sp³-hybridized carbons (Fsp3) is 0.855. The molecule has 16 heteroatoms. The normalized spacial score (nSPS) is 22.2. The van der Waals surface area contributed by atoms with Gasteiger partial charge in [-0.1, -0.05) is 136 Å². The summed E-state index contributed by atoms with van der Waals surface area (Å²) in [6, 6.07) is 9.13. The summed E-state index contributed by atoms with van der Waals surface area (Å²) >= 11 is 0. The Morgan fingerprint density at radius 1 is 0.765 bits per heavy atom. The summed E-state index contributed by atoms with van der Waals surface area (Å²) in [4.78, 5) is 30.0. The van der Waals surface area contributed by atoms with Crippen LogP contribution in [0.2, 0.25) is 52.4 Å². The Bertz CT molecular complexity index is 2110. The Morgan fingerprint density at radius 3 is 1.87 bits per heavy atom. The van der Waals surface area contributed by atoms with E-state index >= 15 is 0 Å². The topological polar surface area (TPSA) is 141 Å². The summed E-state index contributed by atoms with van der Waals surface area (Å²) in [5.74, 6) is 0.452. The van der Waals surface area contributed by atoms with Crippen molar-refractivity contribution in [3.63, 3.8) is 0 Å². The molecule has 2 aliphatic rings. The van der Waals surface area contributed by atoms with Crippen molar-refractivity contribution in [3.8, 4) is 5.75 Å². The number of benzene rings is 1. The molecule has 13 atom stereocenters. The first kappa shape index (κ1) is 77.1. The molecular formula is C69H129NO12Si3. The van der Waals surface area contributed by atoms with E-state index in [0.717, 1.165) is 73.9 Å². The van der Waals surface area contributed by atoms with E-state index in [4.69, 9.17) is 41.7 Å². The van der Waals surface area contributed by atoms with Crippen LogP contribution in [-0.4, -0.2) is 136 Å². The predicted octanol–water partition coefficient (Wildman–Crippen LogP) is 17.5. The number of nitrogens with zero attached hydrogens (tertiary/aromatic N) is 1. The third-order valence-electron chi connectivity index (χ3n) is 20.2. The number of rotatable bonds is 34. The van der Waals surface area contributed by atoms with Crippen molar-refractivity contribution in [2.75, 3.05) is 34.5 Å². The first-order valence-corrected chi connectivity index (χ1v) is 40.8. The van der Waals surface area contributed by atoms with Crippen LogP contribution in [0.5, 0.6) is 5.75 Å². The molecule has 3 rings (SSSR count). The first-order chi connectivity index (χ1) is 39.5. The van der Waals surface area contributed by atoms with Gasteiger partial charge in [0.2, 0.25) is 8.32 Å². The molecule has 0 radical (unpaired) electrons. The molecule has 0 bridgehead atoms. The lowest BCUT2D eigenvalue weighted by Gasteiger charge is -2.48. The van der Waals surface area contributed by atoms with E-state index in [1.165, 1.54) is 0 Å². The lowest BCUT2D eigenvalue weighted by atomic mass is 9.78. The Labute approximate surface area is 523 Å². The average molecular weight is 1250 g/mol. The molecule has 1 aliphatic heterocycles. The molecule has 1 saturated carbocycles. The van der Waals surface area contributed by atoms with Gasteiger partial charge in [-0.3, -0.25) is 4.90 Å². The summed E-state index contributed by atoms with van der Waals surface area (Å²) in [5, 5.41) is 12.8. The molecule has 1 aromatic rings. The van der Waals surface area contributed by atoms with Gasteiger partial charge in [-0.05, 0) is 178 Å². The smallest absolute Gasteiger partial charge is 0.411 e. The van der Waals surface area contributed by atoms with Crippen molar-refractivity contribution in [1.29, 1.82) is 0 Å². The van der Waals surface area contributed by atoms with Crippen LogP contribution < -0.4 is 4.74 Å². The zero-order valence-corrected chi connectivity index (χ0v) is 62.0. The molecule has 1 aromatic carbocycles. The molecule has 13 nitrogen and oxygen atoms in total. The van der Waals surface area contributed by atoms with Crippen molar-refractivity contribution in [3.05, 3.63) is 41.5 Å². The van der Waals surface area contributed by atoms with Gasteiger partial charge < -0.3 is 46.8 Å². The number of carbonyl (C=O) groups excluding carboxylic acids is 2. The van der Waals surface area contributed by atoms with Gasteiger partial charge in [-0.2, -0.15) is 0 Å². The number of methoxy groups -OCH3 is 3. The summed E-state index contributed by atoms with van der Waals surface area (Å²) in [6.45, 7) is 52.5. The number of hydrogen-bond donors (Lipinski definition) is 1. The number of hydrogen-bond acceptors (Lipinski definition) is 12. The van der Waals surface area contributed by atoms with Crippen molar-refractivity contribution >= 4 is 37.0 Å². The highest BCUT2D eigenvalue weighted by molar-refractivity contribution is 6.77. The standard InChI is InChI=1S/C69H129NO12Si3/c1-27-84(28-2,46(3)4)82-64(65(76-24)63(77-45-55-32-35-57(74-22)36-33-55)53(14)39-50(11)44-78-83(25,26)69(19,20)21)54(15)40-51(12)59(71)43-61(79-66(72)58-31-29-30-38-70(58)67(73)80-68(16,17)18)52(13)41-56-34-37-60(62(42-56)75-23)81-85(47(5)6,48(7)8)49(9)10/h32-33,35-36,40,46-53,56,58-65,71H,27-31,34,37-39,41-45H2,1-26H3/b54-40+/t50-,51+,52+,53+,56-,58-,59-,60+,61-,62+,63+,64+,65-/m0/s1. The van der Waals surface area contributed by atoms with Gasteiger partial charge >= 0.3 is 12.1 Å². The van der Waals surface area contributed by atoms with Crippen LogP contribution in [0.15, 0.2) is 35.9 Å². The molecule has 1 N–H and O–H groups in total. The minimum Gasteiger partial charge on any atom is -0.497 e. The SMILES string of the molecule is CC[Si](CC)(O[C@H](/C(C)=C/[C@@H](C)[C@@H](O)C[C@H](OC(=O)[C@@H]1CCCCN1C(=O)OC(C)(C)C)[C@H](C)C[C@@H]1CC[C@@H](O[Si](C(C)C)(C(C)C)C(C)C)[C@H](OC)C1)[C@@H](OC)[C@H](OCc1ccc(OC)cc1)[C@H](C)C[C@H](C)CO[Si](C)(C)C(C)(C)C)C(C)C. The zero-order chi connectivity index (χ0) is 64.6. The first-order valence-electron chi connectivity index (χ1n) is 33.3. The highest BCUT2D eigenvalue weighted by Gasteiger charge is 2.50. The van der Waals surface area contributed by atoms with Gasteiger partial charge in [0.05, 0.1) is 44.2 Å². The van der Waals surface area contributed by atoms with Crippen molar-refractivity contribution < 1.29 is 56.4 Å². The quantitative estimate of drug-likeness (QED) is 0.0399. The van der Waals surface area contributed by atoms with Crippen LogP contribution >= 0.6 is 0 Å². The average Bonchev–Trinajstić information content (AvgIpc) is 2.09. The number of piperidine rings is 1. The third kappa shape index (κ3) is 21.8. The number of aliphatic hydroxyl groups is 1. The summed E-state index contributed by atoms with van der Waals surface area (Å²) in [5.41, 5.74) is 3.00. The molecular weight excluding hydrogens is 1120 g/mol.